The van der Waals surface area contributed by atoms with Crippen molar-refractivity contribution >= 4 is 38.4 Å². The minimum atomic E-state index is 0.578. The Labute approximate surface area is 82.7 Å². The van der Waals surface area contributed by atoms with Crippen molar-refractivity contribution in [3.05, 3.63) is 34.2 Å². The van der Waals surface area contributed by atoms with Crippen LogP contribution in [0.2, 0.25) is 5.02 Å². The van der Waals surface area contributed by atoms with Gasteiger partial charge in [0.05, 0.1) is 10.5 Å². The zero-order chi connectivity index (χ0) is 8.55. The summed E-state index contributed by atoms with van der Waals surface area (Å²) in [6.07, 6.45) is 5.03. The van der Waals surface area contributed by atoms with Crippen LogP contribution in [0.25, 0.3) is 10.9 Å². The summed E-state index contributed by atoms with van der Waals surface area (Å²) in [6, 6.07) is 1.86. The van der Waals surface area contributed by atoms with Crippen LogP contribution >= 0.6 is 27.5 Å². The average molecular weight is 243 g/mol. The largest absolute Gasteiger partial charge is 0.262 e. The number of halogens is 2. The van der Waals surface area contributed by atoms with E-state index in [2.05, 4.69) is 25.9 Å². The van der Waals surface area contributed by atoms with Crippen LogP contribution in [0.5, 0.6) is 0 Å². The van der Waals surface area contributed by atoms with Gasteiger partial charge in [0.25, 0.3) is 0 Å². The van der Waals surface area contributed by atoms with Crippen LogP contribution in [-0.2, 0) is 0 Å². The Kier molecular flexibility index (Phi) is 1.98. The Bertz CT molecular complexity index is 389. The minimum Gasteiger partial charge on any atom is -0.262 e. The molecule has 0 radical (unpaired) electrons. The van der Waals surface area contributed by atoms with E-state index in [9.17, 15) is 0 Å². The van der Waals surface area contributed by atoms with Crippen LogP contribution in [0.4, 0.5) is 0 Å². The zero-order valence-corrected chi connectivity index (χ0v) is 8.30. The van der Waals surface area contributed by atoms with Crippen LogP contribution in [0.1, 0.15) is 0 Å². The molecule has 0 saturated carbocycles. The van der Waals surface area contributed by atoms with Crippen LogP contribution < -0.4 is 0 Å². The molecular weight excluding hydrogens is 239 g/mol. The molecule has 0 atom stereocenters. The molecular formula is C8H4BrClN2. The summed E-state index contributed by atoms with van der Waals surface area (Å²) in [6.45, 7) is 0. The Balaban J connectivity index is 2.94. The number of nitrogens with zero attached hydrogens (tertiary/aromatic N) is 2. The van der Waals surface area contributed by atoms with Crippen molar-refractivity contribution in [1.29, 1.82) is 0 Å². The lowest BCUT2D eigenvalue weighted by Gasteiger charge is -1.99. The van der Waals surface area contributed by atoms with Crippen molar-refractivity contribution in [3.8, 4) is 0 Å². The molecule has 2 aromatic heterocycles. The molecule has 12 heavy (non-hydrogen) atoms. The monoisotopic (exact) mass is 242 g/mol. The van der Waals surface area contributed by atoms with Gasteiger partial charge in [-0.05, 0) is 22.0 Å². The molecule has 0 aliphatic rings. The van der Waals surface area contributed by atoms with Crippen molar-refractivity contribution in [3.63, 3.8) is 0 Å². The van der Waals surface area contributed by atoms with Crippen LogP contribution in [0.3, 0.4) is 0 Å². The first-order chi connectivity index (χ1) is 5.79. The predicted octanol–water partition coefficient (Wildman–Crippen LogP) is 3.05. The predicted molar refractivity (Wildman–Crippen MR) is 52.2 cm³/mol. The fourth-order valence-electron chi connectivity index (χ4n) is 1.00. The molecule has 0 fully saturated rings. The maximum Gasteiger partial charge on any atom is 0.0930 e. The maximum absolute atomic E-state index is 5.88. The molecule has 0 N–H and O–H groups in total. The topological polar surface area (TPSA) is 25.8 Å². The van der Waals surface area contributed by atoms with Gasteiger partial charge in [-0.25, -0.2) is 0 Å². The van der Waals surface area contributed by atoms with Gasteiger partial charge in [-0.2, -0.15) is 0 Å². The second-order valence-corrected chi connectivity index (χ2v) is 3.57. The number of fused-ring (bicyclic) bond motifs is 1. The molecule has 0 bridgehead atoms. The maximum atomic E-state index is 5.88. The van der Waals surface area contributed by atoms with Gasteiger partial charge in [-0.15, -0.1) is 0 Å². The quantitative estimate of drug-likeness (QED) is 0.711. The van der Waals surface area contributed by atoms with Crippen molar-refractivity contribution in [2.75, 3.05) is 0 Å². The molecule has 0 spiro atoms. The van der Waals surface area contributed by atoms with Gasteiger partial charge in [-0.1, -0.05) is 11.6 Å². The highest BCUT2D eigenvalue weighted by atomic mass is 79.9. The second-order valence-electron chi connectivity index (χ2n) is 2.31. The van der Waals surface area contributed by atoms with Crippen LogP contribution in [0.15, 0.2) is 29.1 Å². The van der Waals surface area contributed by atoms with Crippen LogP contribution in [-0.4, -0.2) is 9.97 Å². The number of rotatable bonds is 0. The van der Waals surface area contributed by atoms with E-state index in [1.807, 2.05) is 6.07 Å². The van der Waals surface area contributed by atoms with E-state index in [1.165, 1.54) is 0 Å². The Morgan fingerprint density at radius 1 is 1.33 bits per heavy atom. The minimum absolute atomic E-state index is 0.578. The van der Waals surface area contributed by atoms with Gasteiger partial charge < -0.3 is 0 Å². The SMILES string of the molecule is Clc1cncc2c(Br)ccnc12. The van der Waals surface area contributed by atoms with Crippen molar-refractivity contribution in [1.82, 2.24) is 9.97 Å². The second kappa shape index (κ2) is 2.99. The highest BCUT2D eigenvalue weighted by Gasteiger charge is 2.02. The van der Waals surface area contributed by atoms with E-state index in [0.717, 1.165) is 15.4 Å². The molecule has 60 valence electrons. The van der Waals surface area contributed by atoms with E-state index in [4.69, 9.17) is 11.6 Å². The molecule has 2 rings (SSSR count). The Hall–Kier alpha value is -0.670. The molecule has 2 aromatic rings. The van der Waals surface area contributed by atoms with Crippen molar-refractivity contribution in [2.24, 2.45) is 0 Å². The summed E-state index contributed by atoms with van der Waals surface area (Å²) < 4.78 is 0.961. The molecule has 2 nitrogen and oxygen atoms in total. The Morgan fingerprint density at radius 3 is 2.92 bits per heavy atom. The fourth-order valence-corrected chi connectivity index (χ4v) is 1.62. The molecule has 2 heterocycles. The lowest BCUT2D eigenvalue weighted by atomic mass is 10.3. The van der Waals surface area contributed by atoms with Crippen molar-refractivity contribution < 1.29 is 0 Å². The zero-order valence-electron chi connectivity index (χ0n) is 5.96. The molecule has 0 aliphatic carbocycles. The third-order valence-electron chi connectivity index (χ3n) is 1.55. The summed E-state index contributed by atoms with van der Waals surface area (Å²) in [4.78, 5) is 8.11. The molecule has 0 amide bonds. The van der Waals surface area contributed by atoms with E-state index >= 15 is 0 Å². The first kappa shape index (κ1) is 7.95. The summed E-state index contributed by atoms with van der Waals surface area (Å²) >= 11 is 9.28. The summed E-state index contributed by atoms with van der Waals surface area (Å²) in [7, 11) is 0. The number of hydrogen-bond donors (Lipinski definition) is 0. The van der Waals surface area contributed by atoms with E-state index in [0.29, 0.717) is 5.02 Å². The number of aromatic nitrogens is 2. The number of hydrogen-bond acceptors (Lipinski definition) is 2. The summed E-state index contributed by atoms with van der Waals surface area (Å²) in [5.74, 6) is 0. The first-order valence-electron chi connectivity index (χ1n) is 3.33. The number of pyridine rings is 2. The third kappa shape index (κ3) is 1.19. The van der Waals surface area contributed by atoms with Gasteiger partial charge in [-0.3, -0.25) is 9.97 Å². The molecule has 0 saturated heterocycles. The average Bonchev–Trinajstić information content (AvgIpc) is 2.07. The normalized spacial score (nSPS) is 10.5. The van der Waals surface area contributed by atoms with E-state index < -0.39 is 0 Å². The van der Waals surface area contributed by atoms with Crippen molar-refractivity contribution in [2.45, 2.75) is 0 Å². The standard InChI is InChI=1S/C8H4BrClN2/c9-6-1-2-12-8-5(6)3-11-4-7(8)10/h1-4H. The molecule has 0 unspecified atom stereocenters. The van der Waals surface area contributed by atoms with Gasteiger partial charge in [0.1, 0.15) is 0 Å². The Morgan fingerprint density at radius 2 is 2.17 bits per heavy atom. The van der Waals surface area contributed by atoms with E-state index in [1.54, 1.807) is 18.6 Å². The van der Waals surface area contributed by atoms with Crippen LogP contribution in [0, 0.1) is 0 Å². The smallest absolute Gasteiger partial charge is 0.0930 e. The lowest BCUT2D eigenvalue weighted by Crippen LogP contribution is -1.82. The molecule has 0 aliphatic heterocycles. The summed E-state index contributed by atoms with van der Waals surface area (Å²) in [5, 5.41) is 1.51. The fraction of sp³-hybridized carbons (Fsp3) is 0. The lowest BCUT2D eigenvalue weighted by molar-refractivity contribution is 1.32. The first-order valence-corrected chi connectivity index (χ1v) is 4.50. The van der Waals surface area contributed by atoms with E-state index in [-0.39, 0.29) is 0 Å². The molecule has 0 aromatic carbocycles. The van der Waals surface area contributed by atoms with Gasteiger partial charge in [0.15, 0.2) is 0 Å². The van der Waals surface area contributed by atoms with Gasteiger partial charge >= 0.3 is 0 Å². The third-order valence-corrected chi connectivity index (χ3v) is 2.52. The molecule has 4 heteroatoms. The van der Waals surface area contributed by atoms with Gasteiger partial charge in [0.2, 0.25) is 0 Å². The highest BCUT2D eigenvalue weighted by molar-refractivity contribution is 9.10. The highest BCUT2D eigenvalue weighted by Crippen LogP contribution is 2.25. The summed E-state index contributed by atoms with van der Waals surface area (Å²) in [5.41, 5.74) is 0.779. The van der Waals surface area contributed by atoms with Gasteiger partial charge in [0, 0.05) is 28.4 Å².